The van der Waals surface area contributed by atoms with Crippen molar-refractivity contribution in [2.45, 2.75) is 18.9 Å². The quantitative estimate of drug-likeness (QED) is 0.657. The van der Waals surface area contributed by atoms with Gasteiger partial charge in [-0.3, -0.25) is 10.1 Å². The van der Waals surface area contributed by atoms with Crippen molar-refractivity contribution in [3.63, 3.8) is 0 Å². The lowest BCUT2D eigenvalue weighted by Crippen LogP contribution is -2.36. The van der Waals surface area contributed by atoms with Crippen LogP contribution < -0.4 is 10.2 Å². The summed E-state index contributed by atoms with van der Waals surface area (Å²) in [6, 6.07) is 7.05. The van der Waals surface area contributed by atoms with Crippen molar-refractivity contribution < 1.29 is 4.92 Å². The molecule has 6 heteroatoms. The molecule has 0 bridgehead atoms. The van der Waals surface area contributed by atoms with Crippen LogP contribution in [0.15, 0.2) is 18.2 Å². The summed E-state index contributed by atoms with van der Waals surface area (Å²) in [7, 11) is 1.90. The normalized spacial score (nSPS) is 18.3. The lowest BCUT2D eigenvalue weighted by atomic mass is 10.1. The zero-order chi connectivity index (χ0) is 13.8. The zero-order valence-electron chi connectivity index (χ0n) is 10.8. The molecular formula is C13H16N4O2. The summed E-state index contributed by atoms with van der Waals surface area (Å²) in [5.74, 6) is 0. The van der Waals surface area contributed by atoms with Gasteiger partial charge >= 0.3 is 0 Å². The van der Waals surface area contributed by atoms with Gasteiger partial charge in [-0.25, -0.2) is 0 Å². The van der Waals surface area contributed by atoms with E-state index in [4.69, 9.17) is 5.26 Å². The molecule has 19 heavy (non-hydrogen) atoms. The summed E-state index contributed by atoms with van der Waals surface area (Å²) in [4.78, 5) is 12.7. The molecule has 0 aromatic heterocycles. The highest BCUT2D eigenvalue weighted by atomic mass is 16.6. The topological polar surface area (TPSA) is 82.2 Å². The first-order chi connectivity index (χ1) is 9.17. The van der Waals surface area contributed by atoms with Crippen molar-refractivity contribution in [3.05, 3.63) is 33.9 Å². The summed E-state index contributed by atoms with van der Waals surface area (Å²) in [6.45, 7) is 1.75. The summed E-state index contributed by atoms with van der Waals surface area (Å²) >= 11 is 0. The number of nitriles is 1. The van der Waals surface area contributed by atoms with Gasteiger partial charge in [0, 0.05) is 30.9 Å². The minimum Gasteiger partial charge on any atom is -0.367 e. The van der Waals surface area contributed by atoms with E-state index < -0.39 is 4.92 Å². The highest BCUT2D eigenvalue weighted by Crippen LogP contribution is 2.30. The molecule has 0 amide bonds. The fourth-order valence-corrected chi connectivity index (χ4v) is 2.57. The summed E-state index contributed by atoms with van der Waals surface area (Å²) in [5.41, 5.74) is 0.816. The second kappa shape index (κ2) is 5.67. The number of benzene rings is 1. The van der Waals surface area contributed by atoms with E-state index >= 15 is 0 Å². The Hall–Kier alpha value is -2.13. The van der Waals surface area contributed by atoms with E-state index in [0.29, 0.717) is 6.04 Å². The monoisotopic (exact) mass is 260 g/mol. The van der Waals surface area contributed by atoms with E-state index in [2.05, 4.69) is 10.2 Å². The molecule has 1 heterocycles. The fraction of sp³-hybridized carbons (Fsp3) is 0.462. The van der Waals surface area contributed by atoms with Gasteiger partial charge in [0.05, 0.1) is 4.92 Å². The number of anilines is 1. The van der Waals surface area contributed by atoms with E-state index in [0.717, 1.165) is 31.6 Å². The minimum absolute atomic E-state index is 0.109. The Labute approximate surface area is 111 Å². The van der Waals surface area contributed by atoms with Crippen LogP contribution in [0.1, 0.15) is 18.4 Å². The standard InChI is InChI=1S/C13H16N4O2/c1-15-9-12-3-2-6-16(12)11-5-4-10(8-14)13(7-11)17(18)19/h4-5,7,12,15H,2-3,6,9H2,1H3. The summed E-state index contributed by atoms with van der Waals surface area (Å²) in [6.07, 6.45) is 2.16. The molecule has 1 saturated heterocycles. The number of rotatable bonds is 4. The molecule has 1 aromatic rings. The van der Waals surface area contributed by atoms with Crippen LogP contribution in [-0.2, 0) is 0 Å². The number of hydrogen-bond donors (Lipinski definition) is 1. The molecule has 6 nitrogen and oxygen atoms in total. The predicted octanol–water partition coefficient (Wildman–Crippen LogP) is 1.65. The Morgan fingerprint density at radius 2 is 2.42 bits per heavy atom. The van der Waals surface area contributed by atoms with Crippen molar-refractivity contribution in [2.75, 3.05) is 25.0 Å². The van der Waals surface area contributed by atoms with Gasteiger partial charge < -0.3 is 10.2 Å². The fourth-order valence-electron chi connectivity index (χ4n) is 2.57. The Kier molecular flexibility index (Phi) is 3.97. The van der Waals surface area contributed by atoms with Crippen LogP contribution in [-0.4, -0.2) is 31.1 Å². The largest absolute Gasteiger partial charge is 0.367 e. The van der Waals surface area contributed by atoms with Crippen LogP contribution in [0.2, 0.25) is 0 Å². The Bertz CT molecular complexity index is 524. The predicted molar refractivity (Wildman–Crippen MR) is 72.1 cm³/mol. The summed E-state index contributed by atoms with van der Waals surface area (Å²) < 4.78 is 0. The third-order valence-electron chi connectivity index (χ3n) is 3.45. The second-order valence-corrected chi connectivity index (χ2v) is 4.62. The van der Waals surface area contributed by atoms with Gasteiger partial charge in [0.25, 0.3) is 5.69 Å². The highest BCUT2D eigenvalue weighted by Gasteiger charge is 2.26. The van der Waals surface area contributed by atoms with Gasteiger partial charge in [0.1, 0.15) is 11.6 Å². The maximum Gasteiger partial charge on any atom is 0.289 e. The number of hydrogen-bond acceptors (Lipinski definition) is 5. The SMILES string of the molecule is CNCC1CCCN1c1ccc(C#N)c([N+](=O)[O-])c1. The van der Waals surface area contributed by atoms with Crippen LogP contribution in [0.5, 0.6) is 0 Å². The number of likely N-dealkylation sites (N-methyl/N-ethyl adjacent to an activating group) is 1. The first-order valence-electron chi connectivity index (χ1n) is 6.27. The Balaban J connectivity index is 2.33. The van der Waals surface area contributed by atoms with Gasteiger partial charge in [0.2, 0.25) is 0 Å². The van der Waals surface area contributed by atoms with E-state index in [-0.39, 0.29) is 11.3 Å². The molecule has 1 aliphatic rings. The van der Waals surface area contributed by atoms with Crippen LogP contribution in [0, 0.1) is 21.4 Å². The molecule has 0 spiro atoms. The van der Waals surface area contributed by atoms with Crippen LogP contribution in [0.25, 0.3) is 0 Å². The van der Waals surface area contributed by atoms with Gasteiger partial charge in [-0.2, -0.15) is 5.26 Å². The van der Waals surface area contributed by atoms with Crippen molar-refractivity contribution >= 4 is 11.4 Å². The molecule has 2 rings (SSSR count). The number of nitrogens with one attached hydrogen (secondary N) is 1. The molecule has 1 fully saturated rings. The molecule has 0 saturated carbocycles. The molecule has 1 aliphatic heterocycles. The van der Waals surface area contributed by atoms with Crippen molar-refractivity contribution in [1.29, 1.82) is 5.26 Å². The van der Waals surface area contributed by atoms with E-state index in [1.165, 1.54) is 12.1 Å². The van der Waals surface area contributed by atoms with E-state index in [1.54, 1.807) is 6.07 Å². The molecule has 1 atom stereocenters. The molecule has 0 aliphatic carbocycles. The maximum absolute atomic E-state index is 11.0. The second-order valence-electron chi connectivity index (χ2n) is 4.62. The lowest BCUT2D eigenvalue weighted by Gasteiger charge is -2.26. The maximum atomic E-state index is 11.0. The van der Waals surface area contributed by atoms with Crippen LogP contribution in [0.3, 0.4) is 0 Å². The molecule has 1 aromatic carbocycles. The first-order valence-corrected chi connectivity index (χ1v) is 6.27. The molecule has 0 radical (unpaired) electrons. The van der Waals surface area contributed by atoms with Gasteiger partial charge in [-0.1, -0.05) is 0 Å². The number of nitro benzene ring substituents is 1. The Morgan fingerprint density at radius 1 is 1.63 bits per heavy atom. The average molecular weight is 260 g/mol. The third-order valence-corrected chi connectivity index (χ3v) is 3.45. The van der Waals surface area contributed by atoms with Crippen LogP contribution >= 0.6 is 0 Å². The van der Waals surface area contributed by atoms with Crippen molar-refractivity contribution in [3.8, 4) is 6.07 Å². The number of nitrogens with zero attached hydrogens (tertiary/aromatic N) is 3. The minimum atomic E-state index is -0.495. The smallest absolute Gasteiger partial charge is 0.289 e. The van der Waals surface area contributed by atoms with Crippen LogP contribution in [0.4, 0.5) is 11.4 Å². The Morgan fingerprint density at radius 3 is 3.05 bits per heavy atom. The van der Waals surface area contributed by atoms with E-state index in [9.17, 15) is 10.1 Å². The lowest BCUT2D eigenvalue weighted by molar-refractivity contribution is -0.385. The van der Waals surface area contributed by atoms with Gasteiger partial charge in [-0.15, -0.1) is 0 Å². The molecule has 100 valence electrons. The first kappa shape index (κ1) is 13.3. The van der Waals surface area contributed by atoms with E-state index in [1.807, 2.05) is 13.1 Å². The zero-order valence-corrected chi connectivity index (χ0v) is 10.8. The third kappa shape index (κ3) is 2.66. The molecule has 1 unspecified atom stereocenters. The number of nitro groups is 1. The van der Waals surface area contributed by atoms with Crippen molar-refractivity contribution in [1.82, 2.24) is 5.32 Å². The van der Waals surface area contributed by atoms with Crippen molar-refractivity contribution in [2.24, 2.45) is 0 Å². The highest BCUT2D eigenvalue weighted by molar-refractivity contribution is 5.61. The molecule has 1 N–H and O–H groups in total. The van der Waals surface area contributed by atoms with Gasteiger partial charge in [0.15, 0.2) is 0 Å². The summed E-state index contributed by atoms with van der Waals surface area (Å²) in [5, 5.41) is 23.0. The average Bonchev–Trinajstić information content (AvgIpc) is 2.86. The van der Waals surface area contributed by atoms with Gasteiger partial charge in [-0.05, 0) is 32.0 Å². The molecular weight excluding hydrogens is 244 g/mol.